The molecule has 9 heteroatoms. The van der Waals surface area contributed by atoms with E-state index in [1.165, 1.54) is 0 Å². The van der Waals surface area contributed by atoms with Gasteiger partial charge < -0.3 is 23.6 Å². The summed E-state index contributed by atoms with van der Waals surface area (Å²) in [6.07, 6.45) is 2.42. The van der Waals surface area contributed by atoms with Crippen LogP contribution < -0.4 is 14.8 Å². The molecule has 0 aliphatic carbocycles. The van der Waals surface area contributed by atoms with Gasteiger partial charge in [0.1, 0.15) is 0 Å². The number of benzene rings is 1. The summed E-state index contributed by atoms with van der Waals surface area (Å²) in [5.74, 6) is 2.24. The van der Waals surface area contributed by atoms with E-state index < -0.39 is 0 Å². The fourth-order valence-electron chi connectivity index (χ4n) is 2.86. The van der Waals surface area contributed by atoms with Gasteiger partial charge in [0.05, 0.1) is 33.6 Å². The van der Waals surface area contributed by atoms with Gasteiger partial charge in [-0.15, -0.1) is 10.2 Å². The van der Waals surface area contributed by atoms with Crippen LogP contribution in [-0.2, 0) is 11.3 Å². The van der Waals surface area contributed by atoms with Crippen molar-refractivity contribution in [3.05, 3.63) is 42.5 Å². The van der Waals surface area contributed by atoms with E-state index in [1.807, 2.05) is 11.8 Å². The molecule has 0 saturated heterocycles. The summed E-state index contributed by atoms with van der Waals surface area (Å²) < 4.78 is 21.4. The van der Waals surface area contributed by atoms with Crippen molar-refractivity contribution in [3.63, 3.8) is 0 Å². The van der Waals surface area contributed by atoms with Gasteiger partial charge in [-0.25, -0.2) is 0 Å². The van der Waals surface area contributed by atoms with Gasteiger partial charge in [0, 0.05) is 11.8 Å². The first kappa shape index (κ1) is 20.4. The predicted octanol–water partition coefficient (Wildman–Crippen LogP) is 3.20. The van der Waals surface area contributed by atoms with E-state index in [-0.39, 0.29) is 12.5 Å². The number of rotatable bonds is 10. The van der Waals surface area contributed by atoms with E-state index in [1.54, 1.807) is 50.8 Å². The summed E-state index contributed by atoms with van der Waals surface area (Å²) in [6, 6.07) is 8.72. The zero-order chi connectivity index (χ0) is 20.6. The topological polar surface area (TPSA) is 103 Å². The normalized spacial score (nSPS) is 10.9. The standard InChI is InChI=1S/C20H24N4O5/c1-4-9-24(13-19-22-23-20(29-19)16-6-5-10-28-16)12-18(25)21-14-7-8-15(26-2)17(11-14)27-3/h5-8,10-11H,4,9,12-13H2,1-3H3,(H,21,25). The number of ether oxygens (including phenoxy) is 2. The largest absolute Gasteiger partial charge is 0.493 e. The minimum Gasteiger partial charge on any atom is -0.493 e. The van der Waals surface area contributed by atoms with Crippen LogP contribution in [0, 0.1) is 0 Å². The van der Waals surface area contributed by atoms with Crippen molar-refractivity contribution in [1.29, 1.82) is 0 Å². The van der Waals surface area contributed by atoms with Crippen LogP contribution in [0.1, 0.15) is 19.2 Å². The molecule has 0 spiro atoms. The fraction of sp³-hybridized carbons (Fsp3) is 0.350. The average Bonchev–Trinajstić information content (AvgIpc) is 3.39. The molecule has 0 fully saturated rings. The molecule has 0 saturated carbocycles. The van der Waals surface area contributed by atoms with Crippen LogP contribution >= 0.6 is 0 Å². The maximum absolute atomic E-state index is 12.5. The molecule has 1 amide bonds. The number of methoxy groups -OCH3 is 2. The molecule has 0 aliphatic rings. The van der Waals surface area contributed by atoms with Crippen molar-refractivity contribution in [2.24, 2.45) is 0 Å². The van der Waals surface area contributed by atoms with Gasteiger partial charge in [0.25, 0.3) is 5.89 Å². The number of anilines is 1. The molecular weight excluding hydrogens is 376 g/mol. The first-order chi connectivity index (χ1) is 14.1. The molecular formula is C20H24N4O5. The van der Waals surface area contributed by atoms with Gasteiger partial charge in [-0.3, -0.25) is 9.69 Å². The van der Waals surface area contributed by atoms with Crippen LogP contribution in [0.2, 0.25) is 0 Å². The third-order valence-corrected chi connectivity index (χ3v) is 4.13. The van der Waals surface area contributed by atoms with Crippen LogP contribution in [0.25, 0.3) is 11.7 Å². The van der Waals surface area contributed by atoms with Crippen LogP contribution in [0.3, 0.4) is 0 Å². The van der Waals surface area contributed by atoms with Gasteiger partial charge >= 0.3 is 0 Å². The highest BCUT2D eigenvalue weighted by Gasteiger charge is 2.17. The first-order valence-corrected chi connectivity index (χ1v) is 9.23. The Labute approximate surface area is 168 Å². The van der Waals surface area contributed by atoms with E-state index >= 15 is 0 Å². The Morgan fingerprint density at radius 3 is 2.69 bits per heavy atom. The van der Waals surface area contributed by atoms with E-state index in [0.717, 1.165) is 6.42 Å². The highest BCUT2D eigenvalue weighted by Crippen LogP contribution is 2.29. The van der Waals surface area contributed by atoms with Crippen molar-refractivity contribution >= 4 is 11.6 Å². The third-order valence-electron chi connectivity index (χ3n) is 4.13. The first-order valence-electron chi connectivity index (χ1n) is 9.23. The lowest BCUT2D eigenvalue weighted by Gasteiger charge is -2.19. The minimum atomic E-state index is -0.156. The van der Waals surface area contributed by atoms with Crippen molar-refractivity contribution in [2.45, 2.75) is 19.9 Å². The second-order valence-electron chi connectivity index (χ2n) is 6.31. The smallest absolute Gasteiger partial charge is 0.283 e. The molecule has 0 bridgehead atoms. The summed E-state index contributed by atoms with van der Waals surface area (Å²) in [4.78, 5) is 14.5. The maximum Gasteiger partial charge on any atom is 0.283 e. The Bertz CT molecular complexity index is 923. The van der Waals surface area contributed by atoms with Gasteiger partial charge in [-0.2, -0.15) is 0 Å². The van der Waals surface area contributed by atoms with Gasteiger partial charge in [0.2, 0.25) is 11.8 Å². The lowest BCUT2D eigenvalue weighted by molar-refractivity contribution is -0.117. The van der Waals surface area contributed by atoms with Crippen LogP contribution in [0.15, 0.2) is 45.4 Å². The van der Waals surface area contributed by atoms with E-state index in [4.69, 9.17) is 18.3 Å². The molecule has 3 rings (SSSR count). The molecule has 0 aliphatic heterocycles. The summed E-state index contributed by atoms with van der Waals surface area (Å²) >= 11 is 0. The number of carbonyl (C=O) groups is 1. The quantitative estimate of drug-likeness (QED) is 0.553. The molecule has 0 radical (unpaired) electrons. The summed E-state index contributed by atoms with van der Waals surface area (Å²) in [6.45, 7) is 3.29. The lowest BCUT2D eigenvalue weighted by Crippen LogP contribution is -2.33. The second kappa shape index (κ2) is 9.74. The number of nitrogens with one attached hydrogen (secondary N) is 1. The highest BCUT2D eigenvalue weighted by atomic mass is 16.5. The zero-order valence-electron chi connectivity index (χ0n) is 16.7. The van der Waals surface area contributed by atoms with Crippen molar-refractivity contribution in [2.75, 3.05) is 32.6 Å². The number of aromatic nitrogens is 2. The Balaban J connectivity index is 1.62. The van der Waals surface area contributed by atoms with Crippen LogP contribution in [-0.4, -0.2) is 48.3 Å². The molecule has 29 heavy (non-hydrogen) atoms. The lowest BCUT2D eigenvalue weighted by atomic mass is 10.2. The molecule has 1 aromatic carbocycles. The molecule has 2 heterocycles. The Morgan fingerprint density at radius 1 is 1.17 bits per heavy atom. The second-order valence-corrected chi connectivity index (χ2v) is 6.31. The SMILES string of the molecule is CCCN(CC(=O)Nc1ccc(OC)c(OC)c1)Cc1nnc(-c2ccco2)o1. The summed E-state index contributed by atoms with van der Waals surface area (Å²) in [5, 5.41) is 10.9. The number of furan rings is 1. The summed E-state index contributed by atoms with van der Waals surface area (Å²) in [5.41, 5.74) is 0.627. The highest BCUT2D eigenvalue weighted by molar-refractivity contribution is 5.92. The zero-order valence-corrected chi connectivity index (χ0v) is 16.7. The predicted molar refractivity (Wildman–Crippen MR) is 106 cm³/mol. The number of amides is 1. The Hall–Kier alpha value is -3.33. The van der Waals surface area contributed by atoms with E-state index in [0.29, 0.717) is 47.8 Å². The molecule has 154 valence electrons. The molecule has 0 unspecified atom stereocenters. The van der Waals surface area contributed by atoms with Gasteiger partial charge in [-0.05, 0) is 37.2 Å². The molecule has 2 aromatic heterocycles. The maximum atomic E-state index is 12.5. The van der Waals surface area contributed by atoms with Crippen molar-refractivity contribution < 1.29 is 23.1 Å². The van der Waals surface area contributed by atoms with E-state index in [9.17, 15) is 4.79 Å². The van der Waals surface area contributed by atoms with Crippen LogP contribution in [0.5, 0.6) is 11.5 Å². The van der Waals surface area contributed by atoms with Crippen LogP contribution in [0.4, 0.5) is 5.69 Å². The number of nitrogens with zero attached hydrogens (tertiary/aromatic N) is 3. The Kier molecular flexibility index (Phi) is 6.85. The van der Waals surface area contributed by atoms with E-state index in [2.05, 4.69) is 15.5 Å². The van der Waals surface area contributed by atoms with Gasteiger partial charge in [0.15, 0.2) is 17.3 Å². The fourth-order valence-corrected chi connectivity index (χ4v) is 2.86. The molecule has 9 nitrogen and oxygen atoms in total. The van der Waals surface area contributed by atoms with Gasteiger partial charge in [-0.1, -0.05) is 6.92 Å². The molecule has 1 N–H and O–H groups in total. The van der Waals surface area contributed by atoms with Crippen molar-refractivity contribution in [3.8, 4) is 23.1 Å². The van der Waals surface area contributed by atoms with Crippen molar-refractivity contribution in [1.82, 2.24) is 15.1 Å². The molecule has 0 atom stereocenters. The average molecular weight is 400 g/mol. The Morgan fingerprint density at radius 2 is 2.00 bits per heavy atom. The summed E-state index contributed by atoms with van der Waals surface area (Å²) in [7, 11) is 3.11. The third kappa shape index (κ3) is 5.35. The number of carbonyl (C=O) groups excluding carboxylic acids is 1. The number of hydrogen-bond donors (Lipinski definition) is 1. The number of hydrogen-bond acceptors (Lipinski definition) is 8. The monoisotopic (exact) mass is 400 g/mol. The molecule has 3 aromatic rings. The minimum absolute atomic E-state index is 0.156.